The van der Waals surface area contributed by atoms with E-state index in [9.17, 15) is 18.0 Å². The molecule has 0 aliphatic rings. The summed E-state index contributed by atoms with van der Waals surface area (Å²) in [6.45, 7) is 5.17. The van der Waals surface area contributed by atoms with E-state index in [4.69, 9.17) is 5.11 Å². The third-order valence-electron chi connectivity index (χ3n) is 3.55. The highest BCUT2D eigenvalue weighted by Crippen LogP contribution is 2.18. The van der Waals surface area contributed by atoms with E-state index in [0.29, 0.717) is 17.1 Å². The largest absolute Gasteiger partial charge is 0.478 e. The molecule has 0 spiro atoms. The molecule has 26 heavy (non-hydrogen) atoms. The SMILES string of the molecule is Cc1c(C(=O)O)cnn1-c1cccc(NC(=O)CS(=O)(=O)CC(C)C)c1. The molecule has 0 unspecified atom stereocenters. The van der Waals surface area contributed by atoms with Crippen molar-refractivity contribution in [3.8, 4) is 5.69 Å². The van der Waals surface area contributed by atoms with Crippen molar-refractivity contribution in [2.75, 3.05) is 16.8 Å². The molecule has 1 aromatic carbocycles. The summed E-state index contributed by atoms with van der Waals surface area (Å²) in [5, 5.41) is 15.7. The molecule has 9 heteroatoms. The van der Waals surface area contributed by atoms with Crippen LogP contribution < -0.4 is 5.32 Å². The number of amides is 1. The molecule has 1 amide bonds. The molecule has 0 saturated heterocycles. The van der Waals surface area contributed by atoms with Crippen LogP contribution in [0, 0.1) is 12.8 Å². The highest BCUT2D eigenvalue weighted by molar-refractivity contribution is 7.92. The van der Waals surface area contributed by atoms with E-state index < -0.39 is 27.5 Å². The number of nitrogens with zero attached hydrogens (tertiary/aromatic N) is 2. The second kappa shape index (κ2) is 7.69. The minimum Gasteiger partial charge on any atom is -0.478 e. The van der Waals surface area contributed by atoms with Gasteiger partial charge in [-0.05, 0) is 31.0 Å². The van der Waals surface area contributed by atoms with Gasteiger partial charge < -0.3 is 10.4 Å². The number of carbonyl (C=O) groups excluding carboxylic acids is 1. The van der Waals surface area contributed by atoms with Crippen LogP contribution in [-0.2, 0) is 14.6 Å². The number of aromatic carboxylic acids is 1. The Hall–Kier alpha value is -2.68. The number of hydrogen-bond donors (Lipinski definition) is 2. The zero-order valence-electron chi connectivity index (χ0n) is 14.8. The smallest absolute Gasteiger partial charge is 0.339 e. The number of hydrogen-bond acceptors (Lipinski definition) is 5. The highest BCUT2D eigenvalue weighted by Gasteiger charge is 2.19. The fraction of sp³-hybridized carbons (Fsp3) is 0.353. The number of nitrogens with one attached hydrogen (secondary N) is 1. The molecule has 1 heterocycles. The molecule has 140 valence electrons. The van der Waals surface area contributed by atoms with Crippen LogP contribution in [0.3, 0.4) is 0 Å². The third kappa shape index (κ3) is 4.92. The van der Waals surface area contributed by atoms with Gasteiger partial charge in [-0.3, -0.25) is 4.79 Å². The Balaban J connectivity index is 2.17. The summed E-state index contributed by atoms with van der Waals surface area (Å²) in [6.07, 6.45) is 1.25. The molecule has 0 aliphatic carbocycles. The monoisotopic (exact) mass is 379 g/mol. The van der Waals surface area contributed by atoms with Gasteiger partial charge in [0, 0.05) is 5.69 Å². The zero-order valence-corrected chi connectivity index (χ0v) is 15.6. The lowest BCUT2D eigenvalue weighted by Crippen LogP contribution is -2.26. The minimum atomic E-state index is -3.47. The maximum absolute atomic E-state index is 12.0. The maximum atomic E-state index is 12.0. The number of rotatable bonds is 7. The summed E-state index contributed by atoms with van der Waals surface area (Å²) in [5.74, 6) is -2.38. The van der Waals surface area contributed by atoms with Gasteiger partial charge in [0.15, 0.2) is 9.84 Å². The first kappa shape index (κ1) is 19.6. The van der Waals surface area contributed by atoms with E-state index >= 15 is 0 Å². The van der Waals surface area contributed by atoms with Gasteiger partial charge in [-0.15, -0.1) is 0 Å². The van der Waals surface area contributed by atoms with E-state index in [2.05, 4.69) is 10.4 Å². The predicted molar refractivity (Wildman–Crippen MR) is 97.4 cm³/mol. The number of carboxylic acids is 1. The van der Waals surface area contributed by atoms with Crippen molar-refractivity contribution in [3.05, 3.63) is 41.7 Å². The maximum Gasteiger partial charge on any atom is 0.339 e. The summed E-state index contributed by atoms with van der Waals surface area (Å²) in [7, 11) is -3.47. The van der Waals surface area contributed by atoms with Crippen LogP contribution in [0.4, 0.5) is 5.69 Å². The molecule has 0 fully saturated rings. The normalized spacial score (nSPS) is 11.5. The Morgan fingerprint density at radius 1 is 1.31 bits per heavy atom. The van der Waals surface area contributed by atoms with Crippen LogP contribution in [0.5, 0.6) is 0 Å². The summed E-state index contributed by atoms with van der Waals surface area (Å²) < 4.78 is 25.3. The molecule has 2 N–H and O–H groups in total. The van der Waals surface area contributed by atoms with Gasteiger partial charge in [-0.25, -0.2) is 17.9 Å². The number of sulfone groups is 1. The molecule has 2 aromatic rings. The second-order valence-corrected chi connectivity index (χ2v) is 8.52. The van der Waals surface area contributed by atoms with Crippen LogP contribution in [0.1, 0.15) is 29.9 Å². The first-order chi connectivity index (χ1) is 12.1. The summed E-state index contributed by atoms with van der Waals surface area (Å²) in [5.41, 5.74) is 1.48. The van der Waals surface area contributed by atoms with Gasteiger partial charge in [-0.1, -0.05) is 19.9 Å². The van der Waals surface area contributed by atoms with Crippen molar-refractivity contribution in [1.29, 1.82) is 0 Å². The van der Waals surface area contributed by atoms with E-state index in [1.165, 1.54) is 10.9 Å². The lowest BCUT2D eigenvalue weighted by atomic mass is 10.2. The van der Waals surface area contributed by atoms with Crippen molar-refractivity contribution >= 4 is 27.4 Å². The lowest BCUT2D eigenvalue weighted by Gasteiger charge is -2.10. The van der Waals surface area contributed by atoms with Gasteiger partial charge in [0.05, 0.1) is 23.3 Å². The Labute approximate surface area is 151 Å². The van der Waals surface area contributed by atoms with E-state index in [0.717, 1.165) is 0 Å². The molecule has 0 radical (unpaired) electrons. The Morgan fingerprint density at radius 3 is 2.58 bits per heavy atom. The fourth-order valence-corrected chi connectivity index (χ4v) is 4.16. The average Bonchev–Trinajstić information content (AvgIpc) is 2.87. The molecule has 2 rings (SSSR count). The number of carbonyl (C=O) groups is 2. The Morgan fingerprint density at radius 2 is 2.00 bits per heavy atom. The number of aromatic nitrogens is 2. The van der Waals surface area contributed by atoms with Crippen LogP contribution in [-0.4, -0.2) is 46.7 Å². The Kier molecular flexibility index (Phi) is 5.81. The predicted octanol–water partition coefficient (Wildman–Crippen LogP) is 1.89. The molecule has 0 bridgehead atoms. The third-order valence-corrected chi connectivity index (χ3v) is 5.43. The van der Waals surface area contributed by atoms with Crippen LogP contribution >= 0.6 is 0 Å². The average molecular weight is 379 g/mol. The van der Waals surface area contributed by atoms with Crippen molar-refractivity contribution in [3.63, 3.8) is 0 Å². The molecule has 1 aromatic heterocycles. The second-order valence-electron chi connectivity index (χ2n) is 6.41. The Bertz CT molecular complexity index is 932. The molecular formula is C17H21N3O5S. The van der Waals surface area contributed by atoms with Crippen molar-refractivity contribution in [2.45, 2.75) is 20.8 Å². The van der Waals surface area contributed by atoms with E-state index in [1.54, 1.807) is 45.0 Å². The van der Waals surface area contributed by atoms with Crippen LogP contribution in [0.2, 0.25) is 0 Å². The number of anilines is 1. The summed E-state index contributed by atoms with van der Waals surface area (Å²) >= 11 is 0. The van der Waals surface area contributed by atoms with Gasteiger partial charge in [0.25, 0.3) is 0 Å². The van der Waals surface area contributed by atoms with Gasteiger partial charge in [0.2, 0.25) is 5.91 Å². The van der Waals surface area contributed by atoms with Gasteiger partial charge in [0.1, 0.15) is 11.3 Å². The van der Waals surface area contributed by atoms with Gasteiger partial charge >= 0.3 is 5.97 Å². The molecule has 0 aliphatic heterocycles. The number of carboxylic acid groups (broad SMARTS) is 1. The van der Waals surface area contributed by atoms with E-state index in [1.807, 2.05) is 0 Å². The lowest BCUT2D eigenvalue weighted by molar-refractivity contribution is -0.113. The number of benzene rings is 1. The van der Waals surface area contributed by atoms with Crippen molar-refractivity contribution < 1.29 is 23.1 Å². The molecule has 0 atom stereocenters. The quantitative estimate of drug-likeness (QED) is 0.758. The van der Waals surface area contributed by atoms with Gasteiger partial charge in [-0.2, -0.15) is 5.10 Å². The summed E-state index contributed by atoms with van der Waals surface area (Å²) in [4.78, 5) is 23.1. The van der Waals surface area contributed by atoms with Crippen LogP contribution in [0.15, 0.2) is 30.5 Å². The van der Waals surface area contributed by atoms with Crippen molar-refractivity contribution in [1.82, 2.24) is 9.78 Å². The van der Waals surface area contributed by atoms with Crippen molar-refractivity contribution in [2.24, 2.45) is 5.92 Å². The highest BCUT2D eigenvalue weighted by atomic mass is 32.2. The zero-order chi connectivity index (χ0) is 19.5. The summed E-state index contributed by atoms with van der Waals surface area (Å²) in [6, 6.07) is 6.58. The molecule has 8 nitrogen and oxygen atoms in total. The van der Waals surface area contributed by atoms with E-state index in [-0.39, 0.29) is 17.2 Å². The molecular weight excluding hydrogens is 358 g/mol. The first-order valence-electron chi connectivity index (χ1n) is 7.97. The standard InChI is InChI=1S/C17H21N3O5S/c1-11(2)9-26(24,25)10-16(21)19-13-5-4-6-14(7-13)20-12(3)15(8-18-20)17(22)23/h4-8,11H,9-10H2,1-3H3,(H,19,21)(H,22,23). The first-order valence-corrected chi connectivity index (χ1v) is 9.80. The van der Waals surface area contributed by atoms with Crippen LogP contribution in [0.25, 0.3) is 5.69 Å². The topological polar surface area (TPSA) is 118 Å². The molecule has 0 saturated carbocycles. The minimum absolute atomic E-state index is 0.0507. The fourth-order valence-electron chi connectivity index (χ4n) is 2.56.